The maximum Gasteiger partial charge on any atom is 0.229 e. The quantitative estimate of drug-likeness (QED) is 0.226. The van der Waals surface area contributed by atoms with Crippen LogP contribution in [0.4, 0.5) is 23.1 Å². The van der Waals surface area contributed by atoms with E-state index in [1.54, 1.807) is 42.0 Å². The minimum atomic E-state index is -1.00. The number of allylic oxidation sites excluding steroid dienone is 1. The maximum absolute atomic E-state index is 11.2. The minimum Gasteiger partial charge on any atom is -0.383 e. The lowest BCUT2D eigenvalue weighted by Crippen LogP contribution is -2.10. The smallest absolute Gasteiger partial charge is 0.229 e. The van der Waals surface area contributed by atoms with Crippen LogP contribution in [0.25, 0.3) is 6.08 Å². The lowest BCUT2D eigenvalue weighted by atomic mass is 10.0. The zero-order valence-corrected chi connectivity index (χ0v) is 21.7. The summed E-state index contributed by atoms with van der Waals surface area (Å²) in [5.41, 5.74) is 7.06. The number of nitriles is 2. The molecular formula is C26H20BrN7OS. The number of aromatic nitrogens is 3. The van der Waals surface area contributed by atoms with E-state index in [4.69, 9.17) is 10.5 Å². The number of nitrogens with one attached hydrogen (secondary N) is 2. The van der Waals surface area contributed by atoms with Crippen LogP contribution in [0.1, 0.15) is 38.8 Å². The fourth-order valence-corrected chi connectivity index (χ4v) is 5.02. The van der Waals surface area contributed by atoms with Crippen molar-refractivity contribution >= 4 is 56.5 Å². The zero-order valence-electron chi connectivity index (χ0n) is 19.3. The largest absolute Gasteiger partial charge is 0.383 e. The Morgan fingerprint density at radius 2 is 1.81 bits per heavy atom. The van der Waals surface area contributed by atoms with Gasteiger partial charge in [0, 0.05) is 29.2 Å². The van der Waals surface area contributed by atoms with Gasteiger partial charge < -0.3 is 15.7 Å². The number of nitrogens with zero attached hydrogens (tertiary/aromatic N) is 5. The third-order valence-corrected chi connectivity index (χ3v) is 7.10. The Hall–Kier alpha value is -4.09. The van der Waals surface area contributed by atoms with Crippen molar-refractivity contribution in [2.75, 3.05) is 10.6 Å². The predicted molar refractivity (Wildman–Crippen MR) is 144 cm³/mol. The first-order chi connectivity index (χ1) is 17.4. The van der Waals surface area contributed by atoms with Crippen LogP contribution < -0.4 is 10.6 Å². The van der Waals surface area contributed by atoms with E-state index in [9.17, 15) is 5.11 Å². The Morgan fingerprint density at radius 3 is 2.42 bits per heavy atom. The van der Waals surface area contributed by atoms with Crippen LogP contribution in [0.5, 0.6) is 0 Å². The Labute approximate surface area is 220 Å². The van der Waals surface area contributed by atoms with E-state index in [0.717, 1.165) is 28.1 Å². The summed E-state index contributed by atoms with van der Waals surface area (Å²) in [5.74, 6) is 0.755. The number of aliphatic hydroxyl groups excluding tert-OH is 1. The number of halogens is 1. The normalized spacial score (nSPS) is 11.6. The van der Waals surface area contributed by atoms with Gasteiger partial charge >= 0.3 is 0 Å². The van der Waals surface area contributed by atoms with Crippen molar-refractivity contribution in [3.05, 3.63) is 91.5 Å². The van der Waals surface area contributed by atoms with E-state index in [1.807, 2.05) is 32.0 Å². The highest BCUT2D eigenvalue weighted by atomic mass is 79.9. The van der Waals surface area contributed by atoms with Crippen LogP contribution in [-0.2, 0) is 0 Å². The van der Waals surface area contributed by atoms with E-state index < -0.39 is 6.10 Å². The molecule has 178 valence electrons. The molecule has 1 atom stereocenters. The molecule has 0 fully saturated rings. The molecule has 0 aliphatic heterocycles. The van der Waals surface area contributed by atoms with Gasteiger partial charge in [0.2, 0.25) is 5.95 Å². The summed E-state index contributed by atoms with van der Waals surface area (Å²) in [5, 5.41) is 35.6. The number of anilines is 4. The third-order valence-electron chi connectivity index (χ3n) is 5.33. The van der Waals surface area contributed by atoms with Crippen molar-refractivity contribution in [1.29, 1.82) is 10.5 Å². The summed E-state index contributed by atoms with van der Waals surface area (Å²) in [6, 6.07) is 15.0. The predicted octanol–water partition coefficient (Wildman–Crippen LogP) is 6.29. The number of aliphatic hydroxyl groups is 1. The molecule has 2 aromatic heterocycles. The van der Waals surface area contributed by atoms with Crippen LogP contribution in [0, 0.1) is 36.5 Å². The first-order valence-electron chi connectivity index (χ1n) is 10.7. The van der Waals surface area contributed by atoms with Crippen molar-refractivity contribution in [1.82, 2.24) is 15.0 Å². The van der Waals surface area contributed by atoms with Gasteiger partial charge in [0.05, 0.1) is 28.1 Å². The molecule has 0 bridgehead atoms. The molecule has 8 nitrogen and oxygen atoms in total. The molecule has 0 saturated carbocycles. The third kappa shape index (κ3) is 5.58. The molecule has 3 N–H and O–H groups in total. The van der Waals surface area contributed by atoms with Crippen LogP contribution in [0.15, 0.2) is 58.8 Å². The lowest BCUT2D eigenvalue weighted by Gasteiger charge is -2.19. The van der Waals surface area contributed by atoms with E-state index in [0.29, 0.717) is 32.4 Å². The summed E-state index contributed by atoms with van der Waals surface area (Å²) in [6.07, 6.45) is 3.77. The fraction of sp³-hybridized carbons (Fsp3) is 0.115. The van der Waals surface area contributed by atoms with Crippen LogP contribution in [0.2, 0.25) is 0 Å². The van der Waals surface area contributed by atoms with Gasteiger partial charge in [0.1, 0.15) is 16.5 Å². The molecule has 0 aliphatic rings. The summed E-state index contributed by atoms with van der Waals surface area (Å²) >= 11 is 4.72. The van der Waals surface area contributed by atoms with E-state index in [2.05, 4.69) is 47.6 Å². The average molecular weight is 558 g/mol. The molecular weight excluding hydrogens is 538 g/mol. The first kappa shape index (κ1) is 25.0. The van der Waals surface area contributed by atoms with Gasteiger partial charge in [-0.3, -0.25) is 0 Å². The highest BCUT2D eigenvalue weighted by Gasteiger charge is 2.22. The highest BCUT2D eigenvalue weighted by molar-refractivity contribution is 9.10. The average Bonchev–Trinajstić information content (AvgIpc) is 3.31. The molecule has 4 rings (SSSR count). The summed E-state index contributed by atoms with van der Waals surface area (Å²) in [7, 11) is 0. The number of rotatable bonds is 7. The second-order valence-corrected chi connectivity index (χ2v) is 9.48. The van der Waals surface area contributed by atoms with E-state index in [-0.39, 0.29) is 0 Å². The Bertz CT molecular complexity index is 1490. The van der Waals surface area contributed by atoms with Gasteiger partial charge in [-0.2, -0.15) is 15.5 Å². The van der Waals surface area contributed by atoms with Gasteiger partial charge in [0.15, 0.2) is 0 Å². The Morgan fingerprint density at radius 1 is 1.08 bits per heavy atom. The number of thiazole rings is 1. The number of hydrogen-bond donors (Lipinski definition) is 3. The molecule has 0 amide bonds. The lowest BCUT2D eigenvalue weighted by molar-refractivity contribution is 0.223. The molecule has 10 heteroatoms. The van der Waals surface area contributed by atoms with Crippen molar-refractivity contribution in [3.63, 3.8) is 0 Å². The van der Waals surface area contributed by atoms with Gasteiger partial charge in [-0.15, -0.1) is 11.3 Å². The standard InChI is InChI=1S/C26H20BrN7OS/c1-15-10-18(4-3-9-28)11-16(2)21(15)33-25-20(22(35)23-24(27)31-14-36-23)13-30-26(34-25)32-19-7-5-17(12-29)6-8-19/h3-8,10-11,13-14,22,35H,1-2H3,(H2,30,32,33,34)/b4-3+. The number of hydrogen-bond acceptors (Lipinski definition) is 9. The van der Waals surface area contributed by atoms with Crippen molar-refractivity contribution in [3.8, 4) is 12.1 Å². The molecule has 2 heterocycles. The maximum atomic E-state index is 11.2. The molecule has 1 unspecified atom stereocenters. The SMILES string of the molecule is Cc1cc(/C=C/C#N)cc(C)c1Nc1nc(Nc2ccc(C#N)cc2)ncc1C(O)c1scnc1Br. The number of aryl methyl sites for hydroxylation is 2. The van der Waals surface area contributed by atoms with Crippen molar-refractivity contribution in [2.45, 2.75) is 20.0 Å². The highest BCUT2D eigenvalue weighted by Crippen LogP contribution is 2.36. The van der Waals surface area contributed by atoms with Crippen molar-refractivity contribution in [2.24, 2.45) is 0 Å². The monoisotopic (exact) mass is 557 g/mol. The Kier molecular flexibility index (Phi) is 7.71. The summed E-state index contributed by atoms with van der Waals surface area (Å²) < 4.78 is 0.562. The molecule has 0 radical (unpaired) electrons. The van der Waals surface area contributed by atoms with Gasteiger partial charge in [-0.05, 0) is 88.9 Å². The first-order valence-corrected chi connectivity index (χ1v) is 12.4. The fourth-order valence-electron chi connectivity index (χ4n) is 3.61. The summed E-state index contributed by atoms with van der Waals surface area (Å²) in [4.78, 5) is 13.9. The van der Waals surface area contributed by atoms with E-state index >= 15 is 0 Å². The van der Waals surface area contributed by atoms with Gasteiger partial charge in [-0.1, -0.05) is 0 Å². The number of benzene rings is 2. The zero-order chi connectivity index (χ0) is 25.7. The molecule has 0 aliphatic carbocycles. The van der Waals surface area contributed by atoms with E-state index in [1.165, 1.54) is 17.4 Å². The Balaban J connectivity index is 1.74. The topological polar surface area (TPSA) is 131 Å². The molecule has 2 aromatic carbocycles. The van der Waals surface area contributed by atoms with Crippen LogP contribution in [0.3, 0.4) is 0 Å². The van der Waals surface area contributed by atoms with Gasteiger partial charge in [0.25, 0.3) is 0 Å². The second kappa shape index (κ2) is 11.1. The molecule has 0 spiro atoms. The van der Waals surface area contributed by atoms with Gasteiger partial charge in [-0.25, -0.2) is 9.97 Å². The molecule has 36 heavy (non-hydrogen) atoms. The van der Waals surface area contributed by atoms with Crippen LogP contribution >= 0.6 is 27.3 Å². The molecule has 0 saturated heterocycles. The summed E-state index contributed by atoms with van der Waals surface area (Å²) in [6.45, 7) is 3.93. The minimum absolute atomic E-state index is 0.324. The molecule has 4 aromatic rings. The second-order valence-electron chi connectivity index (χ2n) is 7.84. The van der Waals surface area contributed by atoms with Crippen LogP contribution in [-0.4, -0.2) is 20.1 Å². The van der Waals surface area contributed by atoms with Crippen molar-refractivity contribution < 1.29 is 5.11 Å².